The summed E-state index contributed by atoms with van der Waals surface area (Å²) in [5.74, 6) is -10.5. The van der Waals surface area contributed by atoms with Crippen molar-refractivity contribution in [1.29, 1.82) is 0 Å². The average Bonchev–Trinajstić information content (AvgIpc) is 3.63. The van der Waals surface area contributed by atoms with Crippen LogP contribution in [0.15, 0.2) is 30.3 Å². The average molecular weight is 1010 g/mol. The summed E-state index contributed by atoms with van der Waals surface area (Å²) in [6, 6.07) is 8.96. The molecule has 1 aromatic carbocycles. The molecule has 4 saturated heterocycles. The van der Waals surface area contributed by atoms with Crippen LogP contribution < -0.4 is 0 Å². The quantitative estimate of drug-likeness (QED) is 0.132. The summed E-state index contributed by atoms with van der Waals surface area (Å²) in [7, 11) is 1.09. The molecule has 0 aliphatic carbocycles. The maximum atomic E-state index is 13.1. The lowest BCUT2D eigenvalue weighted by atomic mass is 9.95. The van der Waals surface area contributed by atoms with Gasteiger partial charge >= 0.3 is 53.7 Å². The third kappa shape index (κ3) is 15.1. The van der Waals surface area contributed by atoms with Crippen molar-refractivity contribution in [2.45, 2.75) is 167 Å². The minimum absolute atomic E-state index is 0.0320. The van der Waals surface area contributed by atoms with Gasteiger partial charge in [0.25, 0.3) is 5.79 Å². The summed E-state index contributed by atoms with van der Waals surface area (Å²) < 4.78 is 99.3. The zero-order valence-electron chi connectivity index (χ0n) is 40.5. The topological polar surface area (TPSA) is 311 Å². The molecular weight excluding hydrogens is 956 g/mol. The van der Waals surface area contributed by atoms with Crippen LogP contribution in [-0.4, -0.2) is 179 Å². The molecule has 0 bridgehead atoms. The summed E-state index contributed by atoms with van der Waals surface area (Å²) in [5.41, 5.74) is 0.750. The molecule has 4 aliphatic heterocycles. The predicted molar refractivity (Wildman–Crippen MR) is 225 cm³/mol. The molecule has 5 rings (SSSR count). The van der Waals surface area contributed by atoms with E-state index in [1.807, 2.05) is 0 Å². The van der Waals surface area contributed by atoms with Crippen molar-refractivity contribution >= 4 is 53.7 Å². The van der Waals surface area contributed by atoms with Crippen molar-refractivity contribution in [3.63, 3.8) is 0 Å². The number of ether oxygens (including phenoxy) is 17. The Labute approximate surface area is 406 Å². The largest absolute Gasteiger partial charge is 0.465 e. The van der Waals surface area contributed by atoms with Gasteiger partial charge in [0.15, 0.2) is 61.6 Å². The molecule has 4 heterocycles. The molecule has 0 aromatic heterocycles. The summed E-state index contributed by atoms with van der Waals surface area (Å²) in [6.07, 6.45) is -25.1. The smallest absolute Gasteiger partial charge is 0.366 e. The number of hydrogen-bond donors (Lipinski definition) is 0. The van der Waals surface area contributed by atoms with Gasteiger partial charge in [0.1, 0.15) is 43.7 Å². The van der Waals surface area contributed by atoms with Crippen LogP contribution in [-0.2, 0) is 130 Å². The molecule has 71 heavy (non-hydrogen) atoms. The van der Waals surface area contributed by atoms with Gasteiger partial charge in [0.05, 0.1) is 20.3 Å². The van der Waals surface area contributed by atoms with E-state index in [-0.39, 0.29) is 13.2 Å². The Hall–Kier alpha value is -5.87. The minimum Gasteiger partial charge on any atom is -0.465 e. The SMILES string of the molecule is COC(=O)C1(C)OC2C(OC(C)=O)[C@H](O[C@@H]3OC(COC(C)=O)[C@H](O[C@@H]4OC(COC(C)=O)[C@H](OC(C)=O)[C@H](OC(C)=O)C4OC(C)=O)[C@H](OC(C)=O)C3OC(C)=O)[C@@H](COCc3ccccc3)O[C@@H]2O1. The molecule has 0 saturated carbocycles. The zero-order valence-corrected chi connectivity index (χ0v) is 40.5. The number of carbonyl (C=O) groups excluding carboxylic acids is 9. The number of rotatable bonds is 19. The highest BCUT2D eigenvalue weighted by atomic mass is 16.9. The monoisotopic (exact) mass is 1010 g/mol. The standard InChI is InChI=1S/C45H58O26/c1-20(46)57-18-30-32(59-22(3)48)35(60-23(4)49)38(63-26(7)52)41(65-30)69-34-31(19-58-21(2)47)66-42(39(64-27(8)53)36(34)61-24(5)50)68-33-29(17-56-16-28-14-12-11-13-15-28)67-43-40(37(33)62-25(6)51)70-45(9,71-43)44(54)55-10/h11-15,29-43H,16-19H2,1-10H3/t29-,30?,31?,32+,33-,34+,35+,36+,37?,38?,39?,40?,41+,42+,43-,45?/m1/s1. The van der Waals surface area contributed by atoms with Gasteiger partial charge < -0.3 is 80.5 Å². The maximum Gasteiger partial charge on any atom is 0.366 e. The van der Waals surface area contributed by atoms with E-state index in [0.29, 0.717) is 0 Å². The lowest BCUT2D eigenvalue weighted by Crippen LogP contribution is -2.68. The van der Waals surface area contributed by atoms with E-state index < -0.39 is 165 Å². The van der Waals surface area contributed by atoms with E-state index in [4.69, 9.17) is 80.5 Å². The number of benzene rings is 1. The highest BCUT2D eigenvalue weighted by molar-refractivity contribution is 5.77. The van der Waals surface area contributed by atoms with Crippen LogP contribution in [0.2, 0.25) is 0 Å². The molecule has 26 heteroatoms. The van der Waals surface area contributed by atoms with Crippen molar-refractivity contribution in [2.75, 3.05) is 26.9 Å². The van der Waals surface area contributed by atoms with Crippen molar-refractivity contribution < 1.29 is 124 Å². The highest BCUT2D eigenvalue weighted by Crippen LogP contribution is 2.42. The van der Waals surface area contributed by atoms with Crippen LogP contribution in [0.5, 0.6) is 0 Å². The molecular formula is C45H58O26. The van der Waals surface area contributed by atoms with Crippen molar-refractivity contribution in [3.05, 3.63) is 35.9 Å². The Morgan fingerprint density at radius 2 is 0.887 bits per heavy atom. The van der Waals surface area contributed by atoms with E-state index in [2.05, 4.69) is 0 Å². The second-order valence-corrected chi connectivity index (χ2v) is 16.5. The lowest BCUT2D eigenvalue weighted by molar-refractivity contribution is -0.375. The van der Waals surface area contributed by atoms with E-state index in [0.717, 1.165) is 68.1 Å². The minimum atomic E-state index is -2.09. The zero-order chi connectivity index (χ0) is 52.3. The van der Waals surface area contributed by atoms with Gasteiger partial charge in [-0.15, -0.1) is 0 Å². The number of fused-ring (bicyclic) bond motifs is 1. The second kappa shape index (κ2) is 25.0. The lowest BCUT2D eigenvalue weighted by Gasteiger charge is -2.50. The Morgan fingerprint density at radius 1 is 0.479 bits per heavy atom. The third-order valence-electron chi connectivity index (χ3n) is 10.7. The van der Waals surface area contributed by atoms with E-state index in [1.54, 1.807) is 30.3 Å². The van der Waals surface area contributed by atoms with Crippen LogP contribution in [0.3, 0.4) is 0 Å². The maximum absolute atomic E-state index is 13.1. The molecule has 0 spiro atoms. The fraction of sp³-hybridized carbons (Fsp3) is 0.667. The normalized spacial score (nSPS) is 33.2. The van der Waals surface area contributed by atoms with Gasteiger partial charge in [-0.25, -0.2) is 4.79 Å². The molecule has 4 fully saturated rings. The van der Waals surface area contributed by atoms with Crippen molar-refractivity contribution in [1.82, 2.24) is 0 Å². The molecule has 0 N–H and O–H groups in total. The van der Waals surface area contributed by atoms with Gasteiger partial charge in [0.2, 0.25) is 0 Å². The van der Waals surface area contributed by atoms with Crippen LogP contribution in [0, 0.1) is 0 Å². The molecule has 1 aromatic rings. The van der Waals surface area contributed by atoms with Crippen molar-refractivity contribution in [3.8, 4) is 0 Å². The van der Waals surface area contributed by atoms with E-state index >= 15 is 0 Å². The molecule has 4 aliphatic rings. The Morgan fingerprint density at radius 3 is 1.35 bits per heavy atom. The Bertz CT molecular complexity index is 2080. The van der Waals surface area contributed by atoms with Gasteiger partial charge in [-0.05, 0) is 5.56 Å². The number of esters is 9. The number of methoxy groups -OCH3 is 1. The fourth-order valence-corrected chi connectivity index (χ4v) is 8.12. The van der Waals surface area contributed by atoms with Gasteiger partial charge in [0, 0.05) is 62.3 Å². The van der Waals surface area contributed by atoms with Crippen LogP contribution in [0.25, 0.3) is 0 Å². The van der Waals surface area contributed by atoms with Gasteiger partial charge in [-0.2, -0.15) is 0 Å². The van der Waals surface area contributed by atoms with Gasteiger partial charge in [-0.3, -0.25) is 38.4 Å². The van der Waals surface area contributed by atoms with E-state index in [9.17, 15) is 43.2 Å². The molecule has 16 atom stereocenters. The summed E-state index contributed by atoms with van der Waals surface area (Å²) in [4.78, 5) is 114. The van der Waals surface area contributed by atoms with E-state index in [1.165, 1.54) is 6.92 Å². The number of carbonyl (C=O) groups is 9. The first-order chi connectivity index (χ1) is 33.5. The first-order valence-electron chi connectivity index (χ1n) is 22.1. The fourth-order valence-electron chi connectivity index (χ4n) is 8.12. The van der Waals surface area contributed by atoms with Crippen LogP contribution in [0.1, 0.15) is 67.9 Å². The Balaban J connectivity index is 1.62. The molecule has 0 amide bonds. The third-order valence-corrected chi connectivity index (χ3v) is 10.7. The predicted octanol–water partition coefficient (Wildman–Crippen LogP) is 0.169. The van der Waals surface area contributed by atoms with Crippen molar-refractivity contribution in [2.24, 2.45) is 0 Å². The number of hydrogen-bond acceptors (Lipinski definition) is 26. The highest BCUT2D eigenvalue weighted by Gasteiger charge is 2.63. The molecule has 26 nitrogen and oxygen atoms in total. The summed E-state index contributed by atoms with van der Waals surface area (Å²) in [6.45, 7) is 7.75. The van der Waals surface area contributed by atoms with Gasteiger partial charge in [-0.1, -0.05) is 30.3 Å². The first kappa shape index (κ1) is 56.0. The molecule has 394 valence electrons. The summed E-state index contributed by atoms with van der Waals surface area (Å²) >= 11 is 0. The first-order valence-corrected chi connectivity index (χ1v) is 22.1. The second-order valence-electron chi connectivity index (χ2n) is 16.5. The van der Waals surface area contributed by atoms with Crippen LogP contribution in [0.4, 0.5) is 0 Å². The van der Waals surface area contributed by atoms with Crippen LogP contribution >= 0.6 is 0 Å². The molecule has 0 radical (unpaired) electrons. The summed E-state index contributed by atoms with van der Waals surface area (Å²) in [5, 5.41) is 0. The Kier molecular flexibility index (Phi) is 19.7. The molecule has 7 unspecified atom stereocenters.